The van der Waals surface area contributed by atoms with Crippen molar-refractivity contribution in [3.8, 4) is 11.5 Å². The van der Waals surface area contributed by atoms with Crippen LogP contribution >= 0.6 is 0 Å². The van der Waals surface area contributed by atoms with Gasteiger partial charge in [0.25, 0.3) is 0 Å². The summed E-state index contributed by atoms with van der Waals surface area (Å²) in [7, 11) is 0. The molecule has 3 aromatic rings. The Balaban J connectivity index is 1.44. The average Bonchev–Trinajstić information content (AvgIpc) is 2.79. The van der Waals surface area contributed by atoms with Gasteiger partial charge in [0, 0.05) is 12.1 Å². The number of nitrogens with one attached hydrogen (secondary N) is 2. The number of hydrogen-bond acceptors (Lipinski definition) is 4. The largest absolute Gasteiger partial charge is 0.494 e. The maximum absolute atomic E-state index is 12.0. The Morgan fingerprint density at radius 3 is 2.26 bits per heavy atom. The molecule has 0 fully saturated rings. The third-order valence-electron chi connectivity index (χ3n) is 4.48. The molecule has 0 atom stereocenters. The predicted molar refractivity (Wildman–Crippen MR) is 120 cm³/mol. The van der Waals surface area contributed by atoms with Crippen LogP contribution in [-0.2, 0) is 16.0 Å². The first-order valence-electron chi connectivity index (χ1n) is 10.2. The van der Waals surface area contributed by atoms with Gasteiger partial charge in [0.1, 0.15) is 18.1 Å². The van der Waals surface area contributed by atoms with Crippen molar-refractivity contribution in [2.75, 3.05) is 25.1 Å². The van der Waals surface area contributed by atoms with E-state index in [2.05, 4.69) is 22.8 Å². The van der Waals surface area contributed by atoms with Crippen molar-refractivity contribution < 1.29 is 19.1 Å². The van der Waals surface area contributed by atoms with Crippen molar-refractivity contribution in [2.45, 2.75) is 13.3 Å². The lowest BCUT2D eigenvalue weighted by atomic mass is 10.0. The van der Waals surface area contributed by atoms with E-state index in [1.807, 2.05) is 49.4 Å². The summed E-state index contributed by atoms with van der Waals surface area (Å²) >= 11 is 0. The normalized spacial score (nSPS) is 10.2. The fraction of sp³-hybridized carbons (Fsp3) is 0.200. The standard InChI is InChI=1S/C25H26N2O4/c1-2-30-22-14-12-21(13-15-22)27-25(29)24(28)26-16-17-31-23-11-7-6-10-20(23)18-19-8-4-3-5-9-19/h3-15H,2,16-18H2,1H3,(H,26,28)(H,27,29). The van der Waals surface area contributed by atoms with Crippen molar-refractivity contribution >= 4 is 17.5 Å². The van der Waals surface area contributed by atoms with E-state index in [4.69, 9.17) is 9.47 Å². The Morgan fingerprint density at radius 1 is 0.806 bits per heavy atom. The summed E-state index contributed by atoms with van der Waals surface area (Å²) in [6.07, 6.45) is 0.758. The van der Waals surface area contributed by atoms with E-state index < -0.39 is 11.8 Å². The van der Waals surface area contributed by atoms with Crippen LogP contribution in [0.4, 0.5) is 5.69 Å². The number of anilines is 1. The first-order chi connectivity index (χ1) is 15.2. The van der Waals surface area contributed by atoms with Gasteiger partial charge in [-0.1, -0.05) is 48.5 Å². The lowest BCUT2D eigenvalue weighted by Gasteiger charge is -2.12. The molecule has 0 saturated heterocycles. The molecule has 0 aliphatic heterocycles. The van der Waals surface area contributed by atoms with Crippen LogP contribution in [0.15, 0.2) is 78.9 Å². The Labute approximate surface area is 182 Å². The van der Waals surface area contributed by atoms with E-state index in [0.29, 0.717) is 18.0 Å². The van der Waals surface area contributed by atoms with Crippen molar-refractivity contribution in [1.82, 2.24) is 5.32 Å². The zero-order valence-electron chi connectivity index (χ0n) is 17.5. The van der Waals surface area contributed by atoms with Gasteiger partial charge < -0.3 is 20.1 Å². The minimum atomic E-state index is -0.728. The Morgan fingerprint density at radius 2 is 1.52 bits per heavy atom. The molecule has 3 rings (SSSR count). The number of benzene rings is 3. The molecule has 0 heterocycles. The van der Waals surface area contributed by atoms with Crippen LogP contribution in [0.25, 0.3) is 0 Å². The highest BCUT2D eigenvalue weighted by atomic mass is 16.5. The van der Waals surface area contributed by atoms with Gasteiger partial charge in [-0.25, -0.2) is 0 Å². The fourth-order valence-electron chi connectivity index (χ4n) is 3.00. The average molecular weight is 418 g/mol. The van der Waals surface area contributed by atoms with E-state index in [9.17, 15) is 9.59 Å². The minimum Gasteiger partial charge on any atom is -0.494 e. The third-order valence-corrected chi connectivity index (χ3v) is 4.48. The Hall–Kier alpha value is -3.80. The van der Waals surface area contributed by atoms with Crippen molar-refractivity contribution in [3.63, 3.8) is 0 Å². The number of carbonyl (C=O) groups excluding carboxylic acids is 2. The van der Waals surface area contributed by atoms with Gasteiger partial charge in [-0.05, 0) is 48.4 Å². The van der Waals surface area contributed by atoms with Gasteiger partial charge in [-0.3, -0.25) is 9.59 Å². The lowest BCUT2D eigenvalue weighted by Crippen LogP contribution is -2.37. The second-order valence-corrected chi connectivity index (χ2v) is 6.79. The second-order valence-electron chi connectivity index (χ2n) is 6.79. The number of rotatable bonds is 9. The summed E-state index contributed by atoms with van der Waals surface area (Å²) in [6.45, 7) is 2.93. The van der Waals surface area contributed by atoms with Crippen LogP contribution in [0.1, 0.15) is 18.1 Å². The van der Waals surface area contributed by atoms with Gasteiger partial charge in [0.05, 0.1) is 13.2 Å². The molecule has 2 amide bonds. The van der Waals surface area contributed by atoms with Crippen LogP contribution in [0.2, 0.25) is 0 Å². The minimum absolute atomic E-state index is 0.217. The first kappa shape index (κ1) is 21.9. The molecular formula is C25H26N2O4. The molecule has 3 aromatic carbocycles. The summed E-state index contributed by atoms with van der Waals surface area (Å²) in [6, 6.07) is 24.8. The van der Waals surface area contributed by atoms with Gasteiger partial charge in [0.15, 0.2) is 0 Å². The molecule has 0 spiro atoms. The maximum atomic E-state index is 12.0. The van der Waals surface area contributed by atoms with Crippen molar-refractivity contribution in [3.05, 3.63) is 90.0 Å². The summed E-state index contributed by atoms with van der Waals surface area (Å²) < 4.78 is 11.2. The molecule has 6 nitrogen and oxygen atoms in total. The monoisotopic (exact) mass is 418 g/mol. The van der Waals surface area contributed by atoms with E-state index in [1.54, 1.807) is 24.3 Å². The number of para-hydroxylation sites is 1. The highest BCUT2D eigenvalue weighted by molar-refractivity contribution is 6.39. The Kier molecular flexibility index (Phi) is 8.05. The number of hydrogen-bond donors (Lipinski definition) is 2. The molecular weight excluding hydrogens is 392 g/mol. The molecule has 160 valence electrons. The quantitative estimate of drug-likeness (QED) is 0.409. The molecule has 0 radical (unpaired) electrons. The van der Waals surface area contributed by atoms with E-state index in [-0.39, 0.29) is 13.2 Å². The number of carbonyl (C=O) groups is 2. The van der Waals surface area contributed by atoms with Crippen LogP contribution < -0.4 is 20.1 Å². The van der Waals surface area contributed by atoms with E-state index >= 15 is 0 Å². The van der Waals surface area contributed by atoms with Crippen molar-refractivity contribution in [2.24, 2.45) is 0 Å². The molecule has 31 heavy (non-hydrogen) atoms. The molecule has 0 saturated carbocycles. The molecule has 0 aliphatic carbocycles. The number of amides is 2. The third kappa shape index (κ3) is 6.89. The summed E-state index contributed by atoms with van der Waals surface area (Å²) in [5.74, 6) is 0.0257. The van der Waals surface area contributed by atoms with Gasteiger partial charge >= 0.3 is 11.8 Å². The molecule has 0 unspecified atom stereocenters. The van der Waals surface area contributed by atoms with Gasteiger partial charge in [-0.2, -0.15) is 0 Å². The lowest BCUT2D eigenvalue weighted by molar-refractivity contribution is -0.136. The van der Waals surface area contributed by atoms with Crippen molar-refractivity contribution in [1.29, 1.82) is 0 Å². The summed E-state index contributed by atoms with van der Waals surface area (Å²) in [5, 5.41) is 5.13. The number of ether oxygens (including phenoxy) is 2. The smallest absolute Gasteiger partial charge is 0.313 e. The summed E-state index contributed by atoms with van der Waals surface area (Å²) in [5.41, 5.74) is 2.78. The van der Waals surface area contributed by atoms with Crippen LogP contribution in [0.5, 0.6) is 11.5 Å². The van der Waals surface area contributed by atoms with Gasteiger partial charge in [0.2, 0.25) is 0 Å². The molecule has 0 aliphatic rings. The zero-order valence-corrected chi connectivity index (χ0v) is 17.5. The zero-order chi connectivity index (χ0) is 21.9. The maximum Gasteiger partial charge on any atom is 0.313 e. The molecule has 2 N–H and O–H groups in total. The van der Waals surface area contributed by atoms with Gasteiger partial charge in [-0.15, -0.1) is 0 Å². The summed E-state index contributed by atoms with van der Waals surface area (Å²) in [4.78, 5) is 24.1. The predicted octanol–water partition coefficient (Wildman–Crippen LogP) is 3.81. The topological polar surface area (TPSA) is 76.7 Å². The SMILES string of the molecule is CCOc1ccc(NC(=O)C(=O)NCCOc2ccccc2Cc2ccccc2)cc1. The highest BCUT2D eigenvalue weighted by Gasteiger charge is 2.13. The van der Waals surface area contributed by atoms with Crippen LogP contribution in [0.3, 0.4) is 0 Å². The second kappa shape index (κ2) is 11.4. The van der Waals surface area contributed by atoms with E-state index in [1.165, 1.54) is 5.56 Å². The molecule has 6 heteroatoms. The highest BCUT2D eigenvalue weighted by Crippen LogP contribution is 2.21. The molecule has 0 bridgehead atoms. The fourth-order valence-corrected chi connectivity index (χ4v) is 3.00. The van der Waals surface area contributed by atoms with E-state index in [0.717, 1.165) is 17.7 Å². The van der Waals surface area contributed by atoms with Crippen LogP contribution in [-0.4, -0.2) is 31.6 Å². The molecule has 0 aromatic heterocycles. The first-order valence-corrected chi connectivity index (χ1v) is 10.2. The van der Waals surface area contributed by atoms with Crippen LogP contribution in [0, 0.1) is 0 Å². The Bertz CT molecular complexity index is 988.